The molecule has 6 nitrogen and oxygen atoms in total. The SMILES string of the molecule is O=C(NCCCn1nc(C(F)(F)F)cc1C1CC1)c1ccc(COc2ccccc2Br)o1. The molecule has 1 aliphatic rings. The zero-order valence-corrected chi connectivity index (χ0v) is 18.6. The molecule has 2 heterocycles. The largest absolute Gasteiger partial charge is 0.484 e. The lowest BCUT2D eigenvalue weighted by molar-refractivity contribution is -0.141. The van der Waals surface area contributed by atoms with Crippen LogP contribution in [0.25, 0.3) is 0 Å². The van der Waals surface area contributed by atoms with E-state index in [-0.39, 0.29) is 24.8 Å². The van der Waals surface area contributed by atoms with Gasteiger partial charge in [0.05, 0.1) is 4.47 Å². The van der Waals surface area contributed by atoms with Crippen LogP contribution in [0, 0.1) is 0 Å². The number of amides is 1. The van der Waals surface area contributed by atoms with E-state index in [0.29, 0.717) is 30.2 Å². The topological polar surface area (TPSA) is 69.3 Å². The molecule has 0 unspecified atom stereocenters. The molecular formula is C22H21BrF3N3O3. The number of carbonyl (C=O) groups is 1. The Bertz CT molecular complexity index is 1090. The van der Waals surface area contributed by atoms with Crippen LogP contribution in [0.5, 0.6) is 5.75 Å². The van der Waals surface area contributed by atoms with E-state index in [1.807, 2.05) is 24.3 Å². The molecular weight excluding hydrogens is 491 g/mol. The molecule has 4 rings (SSSR count). The molecule has 1 saturated carbocycles. The highest BCUT2D eigenvalue weighted by atomic mass is 79.9. The standard InChI is InChI=1S/C22H21BrF3N3O3/c23-16-4-1-2-5-18(16)31-13-15-8-9-19(32-15)21(30)27-10-3-11-29-17(14-6-7-14)12-20(28-29)22(24,25)26/h1-2,4-5,8-9,12,14H,3,6-7,10-11,13H2,(H,27,30). The number of aryl methyl sites for hydroxylation is 1. The summed E-state index contributed by atoms with van der Waals surface area (Å²) in [4.78, 5) is 12.3. The highest BCUT2D eigenvalue weighted by Crippen LogP contribution is 2.42. The summed E-state index contributed by atoms with van der Waals surface area (Å²) in [6, 6.07) is 11.8. The van der Waals surface area contributed by atoms with Crippen LogP contribution in [0.1, 0.15) is 52.9 Å². The fourth-order valence-corrected chi connectivity index (χ4v) is 3.66. The Kier molecular flexibility index (Phi) is 6.59. The van der Waals surface area contributed by atoms with Crippen LogP contribution in [0.3, 0.4) is 0 Å². The van der Waals surface area contributed by atoms with Gasteiger partial charge in [0, 0.05) is 24.7 Å². The van der Waals surface area contributed by atoms with Gasteiger partial charge in [0.2, 0.25) is 0 Å². The maximum Gasteiger partial charge on any atom is 0.435 e. The number of halogens is 4. The Morgan fingerprint density at radius 3 is 2.75 bits per heavy atom. The number of benzene rings is 1. The normalized spacial score (nSPS) is 13.9. The molecule has 0 bridgehead atoms. The number of nitrogens with one attached hydrogen (secondary N) is 1. The number of carbonyl (C=O) groups excluding carboxylic acids is 1. The van der Waals surface area contributed by atoms with Crippen LogP contribution in [0.15, 0.2) is 51.4 Å². The minimum atomic E-state index is -4.46. The number of aromatic nitrogens is 2. The van der Waals surface area contributed by atoms with Gasteiger partial charge in [-0.25, -0.2) is 0 Å². The summed E-state index contributed by atoms with van der Waals surface area (Å²) in [6.45, 7) is 0.750. The second-order valence-electron chi connectivity index (χ2n) is 7.54. The minimum absolute atomic E-state index is 0.146. The number of hydrogen-bond acceptors (Lipinski definition) is 4. The van der Waals surface area contributed by atoms with Gasteiger partial charge in [-0.3, -0.25) is 9.48 Å². The average Bonchev–Trinajstić information content (AvgIpc) is 3.31. The van der Waals surface area contributed by atoms with Gasteiger partial charge in [0.1, 0.15) is 18.1 Å². The Morgan fingerprint density at radius 2 is 2.03 bits per heavy atom. The first-order valence-corrected chi connectivity index (χ1v) is 11.0. The van der Waals surface area contributed by atoms with Crippen molar-refractivity contribution in [1.29, 1.82) is 0 Å². The lowest BCUT2D eigenvalue weighted by Gasteiger charge is -2.08. The van der Waals surface area contributed by atoms with Crippen molar-refractivity contribution >= 4 is 21.8 Å². The maximum atomic E-state index is 13.0. The van der Waals surface area contributed by atoms with E-state index in [4.69, 9.17) is 9.15 Å². The molecule has 170 valence electrons. The van der Waals surface area contributed by atoms with Crippen molar-refractivity contribution in [1.82, 2.24) is 15.1 Å². The van der Waals surface area contributed by atoms with E-state index in [2.05, 4.69) is 26.3 Å². The van der Waals surface area contributed by atoms with Gasteiger partial charge in [-0.2, -0.15) is 18.3 Å². The van der Waals surface area contributed by atoms with Gasteiger partial charge in [0.25, 0.3) is 5.91 Å². The third-order valence-electron chi connectivity index (χ3n) is 5.02. The molecule has 0 saturated heterocycles. The van der Waals surface area contributed by atoms with Gasteiger partial charge >= 0.3 is 6.18 Å². The van der Waals surface area contributed by atoms with E-state index in [0.717, 1.165) is 23.4 Å². The number of furan rings is 1. The number of alkyl halides is 3. The summed E-state index contributed by atoms with van der Waals surface area (Å²) in [7, 11) is 0. The molecule has 0 aliphatic heterocycles. The number of rotatable bonds is 9. The molecule has 0 radical (unpaired) electrons. The van der Waals surface area contributed by atoms with Crippen molar-refractivity contribution in [3.8, 4) is 5.75 Å². The fraction of sp³-hybridized carbons (Fsp3) is 0.364. The molecule has 1 N–H and O–H groups in total. The molecule has 1 aliphatic carbocycles. The summed E-state index contributed by atoms with van der Waals surface area (Å²) in [5.74, 6) is 1.06. The molecule has 0 atom stereocenters. The molecule has 1 fully saturated rings. The van der Waals surface area contributed by atoms with Crippen LogP contribution in [0.4, 0.5) is 13.2 Å². The summed E-state index contributed by atoms with van der Waals surface area (Å²) in [5.41, 5.74) is -0.249. The predicted molar refractivity (Wildman–Crippen MR) is 113 cm³/mol. The van der Waals surface area contributed by atoms with Crippen molar-refractivity contribution in [2.24, 2.45) is 0 Å². The second-order valence-corrected chi connectivity index (χ2v) is 8.40. The second kappa shape index (κ2) is 9.40. The summed E-state index contributed by atoms with van der Waals surface area (Å²) in [5, 5.41) is 6.44. The number of para-hydroxylation sites is 1. The fourth-order valence-electron chi connectivity index (χ4n) is 3.26. The molecule has 10 heteroatoms. The lowest BCUT2D eigenvalue weighted by atomic mass is 10.2. The lowest BCUT2D eigenvalue weighted by Crippen LogP contribution is -2.25. The first-order valence-electron chi connectivity index (χ1n) is 10.2. The van der Waals surface area contributed by atoms with Crippen molar-refractivity contribution in [3.63, 3.8) is 0 Å². The van der Waals surface area contributed by atoms with Crippen molar-refractivity contribution < 1.29 is 27.1 Å². The molecule has 0 spiro atoms. The predicted octanol–water partition coefficient (Wildman–Crippen LogP) is 5.53. The van der Waals surface area contributed by atoms with E-state index < -0.39 is 17.8 Å². The van der Waals surface area contributed by atoms with E-state index in [9.17, 15) is 18.0 Å². The monoisotopic (exact) mass is 511 g/mol. The first kappa shape index (κ1) is 22.4. The highest BCUT2D eigenvalue weighted by Gasteiger charge is 2.37. The molecule has 32 heavy (non-hydrogen) atoms. The summed E-state index contributed by atoms with van der Waals surface area (Å²) < 4.78 is 52.3. The van der Waals surface area contributed by atoms with E-state index >= 15 is 0 Å². The zero-order chi connectivity index (χ0) is 22.7. The van der Waals surface area contributed by atoms with Crippen LogP contribution < -0.4 is 10.1 Å². The van der Waals surface area contributed by atoms with Crippen molar-refractivity contribution in [2.75, 3.05) is 6.54 Å². The Hall–Kier alpha value is -2.75. The smallest absolute Gasteiger partial charge is 0.435 e. The Morgan fingerprint density at radius 1 is 1.25 bits per heavy atom. The molecule has 1 aromatic carbocycles. The minimum Gasteiger partial charge on any atom is -0.484 e. The molecule has 2 aromatic heterocycles. The third-order valence-corrected chi connectivity index (χ3v) is 5.68. The molecule has 1 amide bonds. The quantitative estimate of drug-likeness (QED) is 0.383. The number of hydrogen-bond donors (Lipinski definition) is 1. The van der Waals surface area contributed by atoms with Crippen LogP contribution in [0.2, 0.25) is 0 Å². The third kappa shape index (κ3) is 5.53. The summed E-state index contributed by atoms with van der Waals surface area (Å²) >= 11 is 3.40. The van der Waals surface area contributed by atoms with Crippen LogP contribution >= 0.6 is 15.9 Å². The highest BCUT2D eigenvalue weighted by molar-refractivity contribution is 9.10. The van der Waals surface area contributed by atoms with Crippen LogP contribution in [-0.4, -0.2) is 22.2 Å². The Balaban J connectivity index is 1.25. The first-order chi connectivity index (χ1) is 15.3. The maximum absolute atomic E-state index is 13.0. The van der Waals surface area contributed by atoms with Gasteiger partial charge in [0.15, 0.2) is 11.5 Å². The van der Waals surface area contributed by atoms with Crippen molar-refractivity contribution in [2.45, 2.75) is 44.5 Å². The summed E-state index contributed by atoms with van der Waals surface area (Å²) in [6.07, 6.45) is -2.25. The van der Waals surface area contributed by atoms with Crippen LogP contribution in [-0.2, 0) is 19.3 Å². The average molecular weight is 512 g/mol. The van der Waals surface area contributed by atoms with Gasteiger partial charge in [-0.05, 0) is 65.5 Å². The number of nitrogens with zero attached hydrogens (tertiary/aromatic N) is 2. The van der Waals surface area contributed by atoms with Crippen molar-refractivity contribution in [3.05, 3.63) is 69.8 Å². The zero-order valence-electron chi connectivity index (χ0n) is 17.0. The van der Waals surface area contributed by atoms with E-state index in [1.165, 1.54) is 4.68 Å². The van der Waals surface area contributed by atoms with Gasteiger partial charge in [-0.15, -0.1) is 0 Å². The van der Waals surface area contributed by atoms with E-state index in [1.54, 1.807) is 12.1 Å². The Labute approximate surface area is 190 Å². The van der Waals surface area contributed by atoms with Gasteiger partial charge in [-0.1, -0.05) is 12.1 Å². The number of ether oxygens (including phenoxy) is 1. The molecule has 3 aromatic rings. The van der Waals surface area contributed by atoms with Gasteiger partial charge < -0.3 is 14.5 Å².